The van der Waals surface area contributed by atoms with E-state index in [2.05, 4.69) is 0 Å². The van der Waals surface area contributed by atoms with Gasteiger partial charge in [0.15, 0.2) is 0 Å². The highest BCUT2D eigenvalue weighted by Crippen LogP contribution is 2.22. The van der Waals surface area contributed by atoms with Crippen LogP contribution in [0.2, 0.25) is 0 Å². The van der Waals surface area contributed by atoms with E-state index in [1.165, 1.54) is 4.90 Å². The lowest BCUT2D eigenvalue weighted by atomic mass is 10.1. The van der Waals surface area contributed by atoms with Gasteiger partial charge in [-0.2, -0.15) is 0 Å². The number of fused-ring (bicyclic) bond motifs is 1. The van der Waals surface area contributed by atoms with Crippen LogP contribution in [-0.4, -0.2) is 59.7 Å². The van der Waals surface area contributed by atoms with Crippen LogP contribution >= 0.6 is 0 Å². The highest BCUT2D eigenvalue weighted by Gasteiger charge is 2.37. The summed E-state index contributed by atoms with van der Waals surface area (Å²) in [6, 6.07) is 6.51. The van der Waals surface area contributed by atoms with Gasteiger partial charge in [-0.15, -0.1) is 0 Å². The van der Waals surface area contributed by atoms with Crippen molar-refractivity contribution in [1.82, 2.24) is 9.80 Å². The lowest BCUT2D eigenvalue weighted by Crippen LogP contribution is -2.44. The van der Waals surface area contributed by atoms with E-state index in [0.717, 1.165) is 4.90 Å². The van der Waals surface area contributed by atoms with Crippen LogP contribution in [-0.2, 0) is 14.3 Å². The van der Waals surface area contributed by atoms with Crippen molar-refractivity contribution in [3.05, 3.63) is 35.4 Å². The summed E-state index contributed by atoms with van der Waals surface area (Å²) in [6.45, 7) is 6.20. The Labute approximate surface area is 152 Å². The van der Waals surface area contributed by atoms with Crippen molar-refractivity contribution in [2.45, 2.75) is 27.2 Å². The molecule has 1 aliphatic heterocycles. The molecule has 26 heavy (non-hydrogen) atoms. The molecular formula is C19H24N2O5. The van der Waals surface area contributed by atoms with Crippen molar-refractivity contribution >= 4 is 23.7 Å². The molecular weight excluding hydrogens is 336 g/mol. The van der Waals surface area contributed by atoms with E-state index in [0.29, 0.717) is 17.7 Å². The third kappa shape index (κ3) is 4.47. The maximum Gasteiger partial charge on any atom is 0.307 e. The number of amides is 3. The number of nitrogens with zero attached hydrogens (tertiary/aromatic N) is 2. The molecule has 7 nitrogen and oxygen atoms in total. The summed E-state index contributed by atoms with van der Waals surface area (Å²) in [6.07, 6.45) is 0.0778. The standard InChI is InChI=1S/C19H24N2O5/c1-4-26-17(23)9-10-20(11-13(2)3)16(22)12-21-18(24)14-7-5-6-8-15(14)19(21)25/h5-8,13H,4,9-12H2,1-3H3. The lowest BCUT2D eigenvalue weighted by molar-refractivity contribution is -0.144. The Balaban J connectivity index is 2.06. The number of carbonyl (C=O) groups is 4. The van der Waals surface area contributed by atoms with Crippen molar-refractivity contribution in [3.8, 4) is 0 Å². The first-order chi connectivity index (χ1) is 12.3. The van der Waals surface area contributed by atoms with Crippen LogP contribution in [0.1, 0.15) is 47.9 Å². The van der Waals surface area contributed by atoms with Crippen LogP contribution in [0.4, 0.5) is 0 Å². The van der Waals surface area contributed by atoms with E-state index in [9.17, 15) is 19.2 Å². The molecule has 0 N–H and O–H groups in total. The number of carbonyl (C=O) groups excluding carboxylic acids is 4. The number of ether oxygens (including phenoxy) is 1. The molecule has 0 radical (unpaired) electrons. The fourth-order valence-corrected chi connectivity index (χ4v) is 2.84. The highest BCUT2D eigenvalue weighted by molar-refractivity contribution is 6.22. The van der Waals surface area contributed by atoms with Crippen molar-refractivity contribution in [3.63, 3.8) is 0 Å². The van der Waals surface area contributed by atoms with E-state index in [1.54, 1.807) is 31.2 Å². The quantitative estimate of drug-likeness (QED) is 0.521. The molecule has 140 valence electrons. The molecule has 1 aromatic rings. The second kappa shape index (κ2) is 8.60. The summed E-state index contributed by atoms with van der Waals surface area (Å²) in [5.41, 5.74) is 0.625. The maximum absolute atomic E-state index is 12.7. The number of hydrogen-bond donors (Lipinski definition) is 0. The maximum atomic E-state index is 12.7. The van der Waals surface area contributed by atoms with Gasteiger partial charge < -0.3 is 9.64 Å². The first-order valence-electron chi connectivity index (χ1n) is 8.73. The number of imide groups is 1. The largest absolute Gasteiger partial charge is 0.466 e. The predicted octanol–water partition coefficient (Wildman–Crippen LogP) is 1.72. The molecule has 0 saturated carbocycles. The fraction of sp³-hybridized carbons (Fsp3) is 0.474. The van der Waals surface area contributed by atoms with Crippen molar-refractivity contribution < 1.29 is 23.9 Å². The average molecular weight is 360 g/mol. The monoisotopic (exact) mass is 360 g/mol. The van der Waals surface area contributed by atoms with Crippen LogP contribution in [0, 0.1) is 5.92 Å². The summed E-state index contributed by atoms with van der Waals surface area (Å²) in [5, 5.41) is 0. The van der Waals surface area contributed by atoms with Gasteiger partial charge in [-0.1, -0.05) is 26.0 Å². The van der Waals surface area contributed by atoms with Gasteiger partial charge in [0.2, 0.25) is 5.91 Å². The van der Waals surface area contributed by atoms with E-state index >= 15 is 0 Å². The minimum Gasteiger partial charge on any atom is -0.466 e. The highest BCUT2D eigenvalue weighted by atomic mass is 16.5. The summed E-state index contributed by atoms with van der Waals surface area (Å²) in [4.78, 5) is 51.5. The van der Waals surface area contributed by atoms with E-state index in [1.807, 2.05) is 13.8 Å². The fourth-order valence-electron chi connectivity index (χ4n) is 2.84. The molecule has 0 spiro atoms. The van der Waals surface area contributed by atoms with Gasteiger partial charge in [-0.3, -0.25) is 24.1 Å². The van der Waals surface area contributed by atoms with Gasteiger partial charge in [0, 0.05) is 13.1 Å². The minimum atomic E-state index is -0.464. The molecule has 0 aromatic heterocycles. The van der Waals surface area contributed by atoms with Crippen molar-refractivity contribution in [1.29, 1.82) is 0 Å². The van der Waals surface area contributed by atoms with Gasteiger partial charge in [-0.25, -0.2) is 0 Å². The van der Waals surface area contributed by atoms with Crippen molar-refractivity contribution in [2.75, 3.05) is 26.2 Å². The Kier molecular flexibility index (Phi) is 6.49. The Morgan fingerprint density at radius 3 is 2.19 bits per heavy atom. The molecule has 0 aliphatic carbocycles. The SMILES string of the molecule is CCOC(=O)CCN(CC(C)C)C(=O)CN1C(=O)c2ccccc2C1=O. The number of esters is 1. The second-order valence-electron chi connectivity index (χ2n) is 6.53. The molecule has 0 atom stereocenters. The van der Waals surface area contributed by atoms with Gasteiger partial charge in [0.25, 0.3) is 11.8 Å². The first-order valence-corrected chi connectivity index (χ1v) is 8.73. The Morgan fingerprint density at radius 2 is 1.69 bits per heavy atom. The van der Waals surface area contributed by atoms with Gasteiger partial charge in [0.1, 0.15) is 6.54 Å². The molecule has 1 aliphatic rings. The van der Waals surface area contributed by atoms with Crippen LogP contribution in [0.15, 0.2) is 24.3 Å². The average Bonchev–Trinajstić information content (AvgIpc) is 2.84. The predicted molar refractivity (Wildman–Crippen MR) is 94.5 cm³/mol. The summed E-state index contributed by atoms with van der Waals surface area (Å²) >= 11 is 0. The molecule has 0 saturated heterocycles. The number of hydrogen-bond acceptors (Lipinski definition) is 5. The third-order valence-electron chi connectivity index (χ3n) is 4.00. The summed E-state index contributed by atoms with van der Waals surface area (Å²) in [7, 11) is 0. The molecule has 2 rings (SSSR count). The van der Waals surface area contributed by atoms with E-state index in [-0.39, 0.29) is 43.9 Å². The van der Waals surface area contributed by atoms with Crippen LogP contribution in [0.3, 0.4) is 0 Å². The molecule has 1 heterocycles. The Morgan fingerprint density at radius 1 is 1.12 bits per heavy atom. The lowest BCUT2D eigenvalue weighted by Gasteiger charge is -2.26. The normalized spacial score (nSPS) is 13.2. The number of benzene rings is 1. The molecule has 3 amide bonds. The first kappa shape index (κ1) is 19.6. The Hall–Kier alpha value is -2.70. The van der Waals surface area contributed by atoms with Crippen LogP contribution < -0.4 is 0 Å². The summed E-state index contributed by atoms with van der Waals surface area (Å²) in [5.74, 6) is -1.49. The molecule has 0 fully saturated rings. The van der Waals surface area contributed by atoms with E-state index < -0.39 is 11.8 Å². The van der Waals surface area contributed by atoms with Gasteiger partial charge in [-0.05, 0) is 25.0 Å². The topological polar surface area (TPSA) is 84.0 Å². The number of rotatable bonds is 8. The third-order valence-corrected chi connectivity index (χ3v) is 4.00. The Bertz CT molecular complexity index is 679. The smallest absolute Gasteiger partial charge is 0.307 e. The molecule has 0 unspecified atom stereocenters. The van der Waals surface area contributed by atoms with Crippen LogP contribution in [0.25, 0.3) is 0 Å². The summed E-state index contributed by atoms with van der Waals surface area (Å²) < 4.78 is 4.89. The zero-order chi connectivity index (χ0) is 19.3. The van der Waals surface area contributed by atoms with Crippen molar-refractivity contribution in [2.24, 2.45) is 5.92 Å². The zero-order valence-electron chi connectivity index (χ0n) is 15.4. The zero-order valence-corrected chi connectivity index (χ0v) is 15.4. The molecule has 7 heteroatoms. The second-order valence-corrected chi connectivity index (χ2v) is 6.53. The van der Waals surface area contributed by atoms with E-state index in [4.69, 9.17) is 4.74 Å². The van der Waals surface area contributed by atoms with Gasteiger partial charge >= 0.3 is 5.97 Å². The van der Waals surface area contributed by atoms with Crippen LogP contribution in [0.5, 0.6) is 0 Å². The minimum absolute atomic E-state index is 0.0778. The molecule has 1 aromatic carbocycles. The van der Waals surface area contributed by atoms with Gasteiger partial charge in [0.05, 0.1) is 24.2 Å². The molecule has 0 bridgehead atoms.